The zero-order valence-electron chi connectivity index (χ0n) is 12.1. The van der Waals surface area contributed by atoms with Crippen LogP contribution in [0.2, 0.25) is 0 Å². The lowest BCUT2D eigenvalue weighted by Crippen LogP contribution is -2.01. The number of rotatable bonds is 3. The Morgan fingerprint density at radius 2 is 2.00 bits per heavy atom. The van der Waals surface area contributed by atoms with Gasteiger partial charge in [0.25, 0.3) is 0 Å². The van der Waals surface area contributed by atoms with Gasteiger partial charge >= 0.3 is 5.97 Å². The number of hydrogen-bond acceptors (Lipinski definition) is 5. The third-order valence-electron chi connectivity index (χ3n) is 3.27. The summed E-state index contributed by atoms with van der Waals surface area (Å²) in [4.78, 5) is 15.3. The summed E-state index contributed by atoms with van der Waals surface area (Å²) < 4.78 is 24.4. The molecule has 0 amide bonds. The number of aromatic hydroxyl groups is 1. The molecular formula is C17H12FNO4. The number of methoxy groups -OCH3 is 1. The molecular weight excluding hydrogens is 301 g/mol. The Morgan fingerprint density at radius 1 is 1.17 bits per heavy atom. The summed E-state index contributed by atoms with van der Waals surface area (Å²) in [6.07, 6.45) is 1.29. The van der Waals surface area contributed by atoms with E-state index in [0.29, 0.717) is 10.8 Å². The SMILES string of the molecule is COC(=O)c1ccc(Oc2ccc3cc(O)ccc3c2F)nc1. The Balaban J connectivity index is 1.91. The molecule has 23 heavy (non-hydrogen) atoms. The number of halogens is 1. The molecule has 0 unspecified atom stereocenters. The highest BCUT2D eigenvalue weighted by molar-refractivity contribution is 5.89. The van der Waals surface area contributed by atoms with Crippen LogP contribution in [0.25, 0.3) is 10.8 Å². The van der Waals surface area contributed by atoms with Gasteiger partial charge in [0, 0.05) is 17.6 Å². The van der Waals surface area contributed by atoms with Crippen molar-refractivity contribution in [2.45, 2.75) is 0 Å². The minimum atomic E-state index is -0.554. The number of nitrogens with zero attached hydrogens (tertiary/aromatic N) is 1. The van der Waals surface area contributed by atoms with Crippen LogP contribution in [-0.2, 0) is 4.74 Å². The van der Waals surface area contributed by atoms with E-state index in [9.17, 15) is 14.3 Å². The lowest BCUT2D eigenvalue weighted by molar-refractivity contribution is 0.0600. The smallest absolute Gasteiger partial charge is 0.339 e. The first kappa shape index (κ1) is 14.8. The summed E-state index contributed by atoms with van der Waals surface area (Å²) in [5, 5.41) is 10.3. The van der Waals surface area contributed by atoms with Crippen LogP contribution < -0.4 is 4.74 Å². The first-order valence-electron chi connectivity index (χ1n) is 6.72. The lowest BCUT2D eigenvalue weighted by atomic mass is 10.1. The first-order chi connectivity index (χ1) is 11.1. The lowest BCUT2D eigenvalue weighted by Gasteiger charge is -2.08. The second kappa shape index (κ2) is 5.92. The zero-order chi connectivity index (χ0) is 16.4. The molecule has 3 aromatic rings. The van der Waals surface area contributed by atoms with Crippen molar-refractivity contribution in [2.24, 2.45) is 0 Å². The van der Waals surface area contributed by atoms with Crippen LogP contribution in [0.3, 0.4) is 0 Å². The van der Waals surface area contributed by atoms with Crippen molar-refractivity contribution in [3.8, 4) is 17.4 Å². The number of esters is 1. The summed E-state index contributed by atoms with van der Waals surface area (Å²) >= 11 is 0. The highest BCUT2D eigenvalue weighted by Crippen LogP contribution is 2.31. The van der Waals surface area contributed by atoms with Crippen molar-refractivity contribution < 1.29 is 23.8 Å². The van der Waals surface area contributed by atoms with Crippen molar-refractivity contribution in [1.29, 1.82) is 0 Å². The standard InChI is InChI=1S/C17H12FNO4/c1-22-17(21)11-3-7-15(19-9-11)23-14-6-2-10-8-12(20)4-5-13(10)16(14)18/h2-9,20H,1H3. The molecule has 0 aliphatic rings. The maximum absolute atomic E-state index is 14.4. The number of benzene rings is 2. The fourth-order valence-corrected chi connectivity index (χ4v) is 2.13. The topological polar surface area (TPSA) is 68.7 Å². The Kier molecular flexibility index (Phi) is 3.80. The van der Waals surface area contributed by atoms with E-state index in [4.69, 9.17) is 4.74 Å². The Labute approximate surface area is 130 Å². The average Bonchev–Trinajstić information content (AvgIpc) is 2.57. The molecule has 0 aliphatic heterocycles. The third-order valence-corrected chi connectivity index (χ3v) is 3.27. The molecule has 0 atom stereocenters. The zero-order valence-corrected chi connectivity index (χ0v) is 12.1. The molecule has 1 N–H and O–H groups in total. The molecule has 5 nitrogen and oxygen atoms in total. The van der Waals surface area contributed by atoms with Gasteiger partial charge in [0.2, 0.25) is 5.88 Å². The minimum absolute atomic E-state index is 0.00140. The molecule has 3 rings (SSSR count). The van der Waals surface area contributed by atoms with E-state index in [2.05, 4.69) is 9.72 Å². The number of phenols is 1. The number of fused-ring (bicyclic) bond motifs is 1. The van der Waals surface area contributed by atoms with Crippen molar-refractivity contribution in [3.63, 3.8) is 0 Å². The van der Waals surface area contributed by atoms with Crippen LogP contribution in [0.15, 0.2) is 48.7 Å². The maximum Gasteiger partial charge on any atom is 0.339 e. The first-order valence-corrected chi connectivity index (χ1v) is 6.72. The van der Waals surface area contributed by atoms with Crippen molar-refractivity contribution >= 4 is 16.7 Å². The van der Waals surface area contributed by atoms with Crippen molar-refractivity contribution in [3.05, 3.63) is 60.0 Å². The van der Waals surface area contributed by atoms with Crippen LogP contribution in [0.5, 0.6) is 17.4 Å². The summed E-state index contributed by atoms with van der Waals surface area (Å²) in [7, 11) is 1.27. The fourth-order valence-electron chi connectivity index (χ4n) is 2.13. The maximum atomic E-state index is 14.4. The Hall–Kier alpha value is -3.15. The monoisotopic (exact) mass is 313 g/mol. The summed E-state index contributed by atoms with van der Waals surface area (Å²) in [5.41, 5.74) is 0.273. The molecule has 0 radical (unpaired) electrons. The number of ether oxygens (including phenoxy) is 2. The van der Waals surface area contributed by atoms with E-state index < -0.39 is 11.8 Å². The van der Waals surface area contributed by atoms with Gasteiger partial charge in [0.15, 0.2) is 11.6 Å². The molecule has 0 saturated heterocycles. The largest absolute Gasteiger partial charge is 0.508 e. The highest BCUT2D eigenvalue weighted by Gasteiger charge is 2.11. The van der Waals surface area contributed by atoms with E-state index in [1.54, 1.807) is 6.07 Å². The molecule has 6 heteroatoms. The van der Waals surface area contributed by atoms with Crippen LogP contribution in [0.1, 0.15) is 10.4 Å². The van der Waals surface area contributed by atoms with E-state index >= 15 is 0 Å². The van der Waals surface area contributed by atoms with Crippen LogP contribution in [0.4, 0.5) is 4.39 Å². The number of aromatic nitrogens is 1. The molecule has 1 heterocycles. The van der Waals surface area contributed by atoms with Gasteiger partial charge in [-0.1, -0.05) is 6.07 Å². The quantitative estimate of drug-likeness (QED) is 0.747. The number of carbonyl (C=O) groups excluding carboxylic acids is 1. The second-order valence-electron chi connectivity index (χ2n) is 4.76. The van der Waals surface area contributed by atoms with Crippen LogP contribution in [-0.4, -0.2) is 23.2 Å². The molecule has 0 saturated carbocycles. The van der Waals surface area contributed by atoms with Crippen molar-refractivity contribution in [1.82, 2.24) is 4.98 Å². The van der Waals surface area contributed by atoms with Gasteiger partial charge < -0.3 is 14.6 Å². The summed E-state index contributed by atoms with van der Waals surface area (Å²) in [5.74, 6) is -0.857. The van der Waals surface area contributed by atoms with Gasteiger partial charge in [-0.25, -0.2) is 14.2 Å². The number of phenolic OH excluding ortho intramolecular Hbond substituents is 1. The number of pyridine rings is 1. The van der Waals surface area contributed by atoms with Gasteiger partial charge in [-0.3, -0.25) is 0 Å². The fraction of sp³-hybridized carbons (Fsp3) is 0.0588. The third kappa shape index (κ3) is 2.91. The molecule has 1 aromatic heterocycles. The van der Waals surface area contributed by atoms with E-state index in [0.717, 1.165) is 0 Å². The predicted octanol–water partition coefficient (Wildman–Crippen LogP) is 3.66. The minimum Gasteiger partial charge on any atom is -0.508 e. The normalized spacial score (nSPS) is 10.5. The van der Waals surface area contributed by atoms with Crippen molar-refractivity contribution in [2.75, 3.05) is 7.11 Å². The van der Waals surface area contributed by atoms with Crippen LogP contribution in [0, 0.1) is 5.82 Å². The van der Waals surface area contributed by atoms with Gasteiger partial charge in [-0.2, -0.15) is 0 Å². The average molecular weight is 313 g/mol. The number of hydrogen-bond donors (Lipinski definition) is 1. The molecule has 0 aliphatic carbocycles. The van der Waals surface area contributed by atoms with Crippen LogP contribution >= 0.6 is 0 Å². The molecule has 0 bridgehead atoms. The molecule has 0 fully saturated rings. The number of carbonyl (C=O) groups is 1. The van der Waals surface area contributed by atoms with Gasteiger partial charge in [0.05, 0.1) is 12.7 Å². The van der Waals surface area contributed by atoms with Gasteiger partial charge in [-0.15, -0.1) is 0 Å². The summed E-state index contributed by atoms with van der Waals surface area (Å²) in [6, 6.07) is 10.4. The van der Waals surface area contributed by atoms with E-state index in [1.807, 2.05) is 0 Å². The van der Waals surface area contributed by atoms with E-state index in [1.165, 1.54) is 49.7 Å². The molecule has 2 aromatic carbocycles. The van der Waals surface area contributed by atoms with E-state index in [-0.39, 0.29) is 22.9 Å². The molecule has 0 spiro atoms. The highest BCUT2D eigenvalue weighted by atomic mass is 19.1. The Morgan fingerprint density at radius 3 is 2.70 bits per heavy atom. The second-order valence-corrected chi connectivity index (χ2v) is 4.76. The Bertz CT molecular complexity index is 878. The van der Waals surface area contributed by atoms with Gasteiger partial charge in [0.1, 0.15) is 5.75 Å². The van der Waals surface area contributed by atoms with Gasteiger partial charge in [-0.05, 0) is 35.7 Å². The molecule has 116 valence electrons. The predicted molar refractivity (Wildman–Crippen MR) is 81.2 cm³/mol. The summed E-state index contributed by atoms with van der Waals surface area (Å²) in [6.45, 7) is 0.